The van der Waals surface area contributed by atoms with Crippen molar-refractivity contribution in [3.63, 3.8) is 0 Å². The van der Waals surface area contributed by atoms with Crippen LogP contribution in [-0.4, -0.2) is 23.9 Å². The lowest BCUT2D eigenvalue weighted by Gasteiger charge is -2.16. The molecule has 0 radical (unpaired) electrons. The van der Waals surface area contributed by atoms with Crippen LogP contribution in [0.15, 0.2) is 18.2 Å². The van der Waals surface area contributed by atoms with Gasteiger partial charge in [0.15, 0.2) is 0 Å². The molecule has 0 unspecified atom stereocenters. The summed E-state index contributed by atoms with van der Waals surface area (Å²) < 4.78 is 13.7. The average Bonchev–Trinajstić information content (AvgIpc) is 2.74. The number of hydrogen-bond donors (Lipinski definition) is 0. The number of likely N-dealkylation sites (tertiary alicyclic amines) is 1. The molecule has 0 bridgehead atoms. The quantitative estimate of drug-likeness (QED) is 0.729. The van der Waals surface area contributed by atoms with Crippen LogP contribution < -0.4 is 0 Å². The van der Waals surface area contributed by atoms with Crippen molar-refractivity contribution in [2.45, 2.75) is 12.8 Å². The first-order valence-corrected chi connectivity index (χ1v) is 6.01. The second-order valence-corrected chi connectivity index (χ2v) is 4.68. The summed E-state index contributed by atoms with van der Waals surface area (Å²) in [6, 6.07) is 4.65. The summed E-state index contributed by atoms with van der Waals surface area (Å²) in [5.41, 5.74) is 0.484. The van der Waals surface area contributed by atoms with E-state index in [2.05, 4.69) is 0 Å². The van der Waals surface area contributed by atoms with Gasteiger partial charge in [-0.25, -0.2) is 4.39 Å². The zero-order valence-electron chi connectivity index (χ0n) is 8.17. The van der Waals surface area contributed by atoms with Crippen molar-refractivity contribution in [2.24, 2.45) is 0 Å². The minimum absolute atomic E-state index is 0.0450. The Hall–Kier alpha value is -0.650. The summed E-state index contributed by atoms with van der Waals surface area (Å²) in [4.78, 5) is 13.8. The molecule has 0 aromatic heterocycles. The first-order valence-electron chi connectivity index (χ1n) is 4.93. The fourth-order valence-corrected chi connectivity index (χ4v) is 2.35. The largest absolute Gasteiger partial charge is 0.339 e. The second kappa shape index (κ2) is 4.47. The maximum atomic E-state index is 13.2. The summed E-state index contributed by atoms with van der Waals surface area (Å²) in [5.74, 6) is -0.364. The van der Waals surface area contributed by atoms with Gasteiger partial charge in [0, 0.05) is 13.1 Å². The lowest BCUT2D eigenvalue weighted by molar-refractivity contribution is 0.0791. The zero-order valence-corrected chi connectivity index (χ0v) is 10.3. The van der Waals surface area contributed by atoms with Crippen molar-refractivity contribution in [1.82, 2.24) is 4.90 Å². The minimum Gasteiger partial charge on any atom is -0.339 e. The van der Waals surface area contributed by atoms with Gasteiger partial charge in [0.25, 0.3) is 5.91 Å². The molecule has 1 amide bonds. The number of halogens is 2. The highest BCUT2D eigenvalue weighted by Crippen LogP contribution is 2.19. The normalized spacial score (nSPS) is 15.7. The molecule has 1 aromatic rings. The molecule has 0 spiro atoms. The van der Waals surface area contributed by atoms with E-state index in [0.717, 1.165) is 25.9 Å². The van der Waals surface area contributed by atoms with Crippen LogP contribution in [0.3, 0.4) is 0 Å². The highest BCUT2D eigenvalue weighted by atomic mass is 127. The highest BCUT2D eigenvalue weighted by molar-refractivity contribution is 14.1. The van der Waals surface area contributed by atoms with Gasteiger partial charge in [0.2, 0.25) is 0 Å². The molecule has 1 aromatic carbocycles. The lowest BCUT2D eigenvalue weighted by atomic mass is 10.2. The Morgan fingerprint density at radius 2 is 2.00 bits per heavy atom. The van der Waals surface area contributed by atoms with Crippen LogP contribution in [0.4, 0.5) is 4.39 Å². The summed E-state index contributed by atoms with van der Waals surface area (Å²) in [7, 11) is 0. The number of hydrogen-bond acceptors (Lipinski definition) is 1. The van der Waals surface area contributed by atoms with E-state index >= 15 is 0 Å². The van der Waals surface area contributed by atoms with E-state index in [1.807, 2.05) is 22.6 Å². The van der Waals surface area contributed by atoms with Crippen molar-refractivity contribution in [1.29, 1.82) is 0 Å². The zero-order chi connectivity index (χ0) is 10.8. The van der Waals surface area contributed by atoms with Gasteiger partial charge in [-0.15, -0.1) is 0 Å². The molecule has 0 saturated carbocycles. The molecule has 0 N–H and O–H groups in total. The predicted octanol–water partition coefficient (Wildman–Crippen LogP) is 2.67. The maximum Gasteiger partial charge on any atom is 0.255 e. The molecule has 1 saturated heterocycles. The number of carbonyl (C=O) groups excluding carboxylic acids is 1. The Morgan fingerprint density at radius 3 is 2.67 bits per heavy atom. The van der Waals surface area contributed by atoms with Gasteiger partial charge in [-0.1, -0.05) is 6.07 Å². The molecule has 2 nitrogen and oxygen atoms in total. The average molecular weight is 319 g/mol. The third-order valence-corrected chi connectivity index (χ3v) is 3.67. The second-order valence-electron chi connectivity index (χ2n) is 3.60. The van der Waals surface area contributed by atoms with E-state index in [0.29, 0.717) is 9.13 Å². The first-order chi connectivity index (χ1) is 7.20. The topological polar surface area (TPSA) is 20.3 Å². The Labute approximate surface area is 102 Å². The van der Waals surface area contributed by atoms with Gasteiger partial charge in [-0.2, -0.15) is 0 Å². The molecule has 1 aliphatic heterocycles. The van der Waals surface area contributed by atoms with Gasteiger partial charge >= 0.3 is 0 Å². The SMILES string of the molecule is O=C(c1cccc(F)c1I)N1CCCC1. The highest BCUT2D eigenvalue weighted by Gasteiger charge is 2.22. The smallest absolute Gasteiger partial charge is 0.255 e. The monoisotopic (exact) mass is 319 g/mol. The van der Waals surface area contributed by atoms with Crippen molar-refractivity contribution >= 4 is 28.5 Å². The van der Waals surface area contributed by atoms with Gasteiger partial charge < -0.3 is 4.90 Å². The molecular formula is C11H11FINO. The molecule has 80 valence electrons. The van der Waals surface area contributed by atoms with Crippen LogP contribution in [0.5, 0.6) is 0 Å². The third-order valence-electron chi connectivity index (χ3n) is 2.58. The van der Waals surface area contributed by atoms with E-state index in [9.17, 15) is 9.18 Å². The van der Waals surface area contributed by atoms with Crippen molar-refractivity contribution < 1.29 is 9.18 Å². The standard InChI is InChI=1S/C11H11FINO/c12-9-5-3-4-8(10(9)13)11(15)14-6-1-2-7-14/h3-5H,1-2,6-7H2. The number of nitrogens with zero attached hydrogens (tertiary/aromatic N) is 1. The van der Waals surface area contributed by atoms with Crippen LogP contribution >= 0.6 is 22.6 Å². The molecule has 15 heavy (non-hydrogen) atoms. The molecule has 1 aliphatic rings. The number of amides is 1. The van der Waals surface area contributed by atoms with Gasteiger partial charge in [0.05, 0.1) is 9.13 Å². The van der Waals surface area contributed by atoms with Crippen molar-refractivity contribution in [2.75, 3.05) is 13.1 Å². The van der Waals surface area contributed by atoms with Crippen molar-refractivity contribution in [3.05, 3.63) is 33.1 Å². The van der Waals surface area contributed by atoms with E-state index in [1.165, 1.54) is 6.07 Å². The number of rotatable bonds is 1. The van der Waals surface area contributed by atoms with Crippen LogP contribution in [0.2, 0.25) is 0 Å². The molecule has 1 fully saturated rings. The Balaban J connectivity index is 2.28. The Morgan fingerprint density at radius 1 is 1.33 bits per heavy atom. The molecule has 1 heterocycles. The summed E-state index contributed by atoms with van der Waals surface area (Å²) in [6.45, 7) is 1.59. The summed E-state index contributed by atoms with van der Waals surface area (Å²) in [5, 5.41) is 0. The van der Waals surface area contributed by atoms with E-state index in [1.54, 1.807) is 17.0 Å². The predicted molar refractivity (Wildman–Crippen MR) is 64.3 cm³/mol. The minimum atomic E-state index is -0.319. The third kappa shape index (κ3) is 2.14. The molecule has 0 atom stereocenters. The molecule has 2 rings (SSSR count). The van der Waals surface area contributed by atoms with Crippen LogP contribution in [0, 0.1) is 9.39 Å². The summed E-state index contributed by atoms with van der Waals surface area (Å²) in [6.07, 6.45) is 2.11. The molecule has 0 aliphatic carbocycles. The fourth-order valence-electron chi connectivity index (χ4n) is 1.76. The van der Waals surface area contributed by atoms with E-state index < -0.39 is 0 Å². The van der Waals surface area contributed by atoms with Gasteiger partial charge in [0.1, 0.15) is 5.82 Å². The summed E-state index contributed by atoms with van der Waals surface area (Å²) >= 11 is 1.88. The van der Waals surface area contributed by atoms with Gasteiger partial charge in [-0.05, 0) is 47.6 Å². The maximum absolute atomic E-state index is 13.2. The van der Waals surface area contributed by atoms with Crippen LogP contribution in [-0.2, 0) is 0 Å². The van der Waals surface area contributed by atoms with Crippen LogP contribution in [0.25, 0.3) is 0 Å². The lowest BCUT2D eigenvalue weighted by Crippen LogP contribution is -2.28. The van der Waals surface area contributed by atoms with E-state index in [-0.39, 0.29) is 11.7 Å². The molecular weight excluding hydrogens is 308 g/mol. The Kier molecular flexibility index (Phi) is 3.23. The molecule has 4 heteroatoms. The van der Waals surface area contributed by atoms with Gasteiger partial charge in [-0.3, -0.25) is 4.79 Å². The fraction of sp³-hybridized carbons (Fsp3) is 0.364. The number of benzene rings is 1. The van der Waals surface area contributed by atoms with Crippen molar-refractivity contribution in [3.8, 4) is 0 Å². The first kappa shape index (κ1) is 10.9. The van der Waals surface area contributed by atoms with Crippen LogP contribution in [0.1, 0.15) is 23.2 Å². The Bertz CT molecular complexity index is 388. The van der Waals surface area contributed by atoms with E-state index in [4.69, 9.17) is 0 Å². The number of carbonyl (C=O) groups is 1.